The van der Waals surface area contributed by atoms with Crippen LogP contribution < -0.4 is 13.8 Å². The molecule has 2 aromatic rings. The molecule has 0 aliphatic heterocycles. The highest BCUT2D eigenvalue weighted by Crippen LogP contribution is 2.32. The average molecular weight is 339 g/mol. The van der Waals surface area contributed by atoms with Crippen LogP contribution in [0, 0.1) is 5.82 Å². The first-order chi connectivity index (χ1) is 10.9. The van der Waals surface area contributed by atoms with Crippen LogP contribution in [0.1, 0.15) is 6.92 Å². The van der Waals surface area contributed by atoms with Crippen LogP contribution in [0.3, 0.4) is 0 Å². The lowest BCUT2D eigenvalue weighted by Gasteiger charge is -2.24. The summed E-state index contributed by atoms with van der Waals surface area (Å²) < 4.78 is 50.5. The molecule has 5 nitrogen and oxygen atoms in total. The molecule has 124 valence electrons. The molecular weight excluding hydrogens is 321 g/mol. The van der Waals surface area contributed by atoms with E-state index in [-0.39, 0.29) is 17.2 Å². The third-order valence-electron chi connectivity index (χ3n) is 3.34. The Kier molecular flexibility index (Phi) is 5.10. The van der Waals surface area contributed by atoms with Gasteiger partial charge in [-0.3, -0.25) is 4.31 Å². The molecular formula is C16H18FNO4S. The van der Waals surface area contributed by atoms with E-state index in [9.17, 15) is 12.8 Å². The Bertz CT molecular complexity index is 775. The maximum absolute atomic E-state index is 13.1. The second kappa shape index (κ2) is 6.87. The fourth-order valence-corrected chi connectivity index (χ4v) is 3.85. The Morgan fingerprint density at radius 1 is 1.04 bits per heavy atom. The number of benzene rings is 2. The maximum Gasteiger partial charge on any atom is 0.268 e. The molecule has 0 saturated heterocycles. The molecule has 0 aliphatic rings. The lowest BCUT2D eigenvalue weighted by molar-refractivity contribution is 0.392. The summed E-state index contributed by atoms with van der Waals surface area (Å²) in [6.45, 7) is 1.89. The first-order valence-corrected chi connectivity index (χ1v) is 8.38. The van der Waals surface area contributed by atoms with Gasteiger partial charge in [0.05, 0.1) is 19.9 Å². The molecule has 0 amide bonds. The molecule has 0 atom stereocenters. The number of anilines is 1. The van der Waals surface area contributed by atoms with E-state index < -0.39 is 15.8 Å². The molecule has 0 aliphatic carbocycles. The fraction of sp³-hybridized carbons (Fsp3) is 0.250. The number of hydrogen-bond donors (Lipinski definition) is 0. The maximum atomic E-state index is 13.1. The van der Waals surface area contributed by atoms with Crippen LogP contribution in [0.5, 0.6) is 11.5 Å². The van der Waals surface area contributed by atoms with Crippen molar-refractivity contribution in [3.63, 3.8) is 0 Å². The van der Waals surface area contributed by atoms with E-state index in [2.05, 4.69) is 0 Å². The van der Waals surface area contributed by atoms with Crippen LogP contribution in [0.2, 0.25) is 0 Å². The van der Waals surface area contributed by atoms with Crippen LogP contribution in [0.25, 0.3) is 0 Å². The Hall–Kier alpha value is -2.28. The Balaban J connectivity index is 2.57. The number of rotatable bonds is 6. The van der Waals surface area contributed by atoms with Gasteiger partial charge in [-0.2, -0.15) is 0 Å². The SMILES string of the molecule is CCN(c1ccc(F)cc1)S(=O)(=O)c1cc(OC)ccc1OC. The van der Waals surface area contributed by atoms with E-state index in [1.165, 1.54) is 54.9 Å². The second-order valence-corrected chi connectivity index (χ2v) is 6.49. The summed E-state index contributed by atoms with van der Waals surface area (Å²) in [4.78, 5) is -0.00877. The quantitative estimate of drug-likeness (QED) is 0.812. The first kappa shape index (κ1) is 17.1. The smallest absolute Gasteiger partial charge is 0.268 e. The van der Waals surface area contributed by atoms with Crippen molar-refractivity contribution in [1.82, 2.24) is 0 Å². The van der Waals surface area contributed by atoms with Crippen molar-refractivity contribution in [2.24, 2.45) is 0 Å². The number of hydrogen-bond acceptors (Lipinski definition) is 4. The normalized spacial score (nSPS) is 11.1. The van der Waals surface area contributed by atoms with Crippen LogP contribution in [0.15, 0.2) is 47.4 Å². The number of nitrogens with zero attached hydrogens (tertiary/aromatic N) is 1. The lowest BCUT2D eigenvalue weighted by Crippen LogP contribution is -2.31. The minimum absolute atomic E-state index is 0.00877. The van der Waals surface area contributed by atoms with Gasteiger partial charge in [-0.15, -0.1) is 0 Å². The fourth-order valence-electron chi connectivity index (χ4n) is 2.20. The molecule has 2 rings (SSSR count). The third-order valence-corrected chi connectivity index (χ3v) is 5.26. The molecule has 0 saturated carbocycles. The van der Waals surface area contributed by atoms with E-state index in [1.807, 2.05) is 0 Å². The van der Waals surface area contributed by atoms with E-state index >= 15 is 0 Å². The highest BCUT2D eigenvalue weighted by molar-refractivity contribution is 7.93. The zero-order chi connectivity index (χ0) is 17.0. The minimum Gasteiger partial charge on any atom is -0.497 e. The number of methoxy groups -OCH3 is 2. The van der Waals surface area contributed by atoms with Crippen molar-refractivity contribution in [2.75, 3.05) is 25.1 Å². The summed E-state index contributed by atoms with van der Waals surface area (Å²) in [5, 5.41) is 0. The van der Waals surface area contributed by atoms with Gasteiger partial charge in [0.1, 0.15) is 22.2 Å². The lowest BCUT2D eigenvalue weighted by atomic mass is 10.3. The van der Waals surface area contributed by atoms with Crippen molar-refractivity contribution >= 4 is 15.7 Å². The predicted molar refractivity (Wildman–Crippen MR) is 86.2 cm³/mol. The van der Waals surface area contributed by atoms with Gasteiger partial charge in [0.25, 0.3) is 10.0 Å². The topological polar surface area (TPSA) is 55.8 Å². The van der Waals surface area contributed by atoms with E-state index in [1.54, 1.807) is 13.0 Å². The molecule has 7 heteroatoms. The number of sulfonamides is 1. The molecule has 2 aromatic carbocycles. The highest BCUT2D eigenvalue weighted by atomic mass is 32.2. The van der Waals surface area contributed by atoms with Gasteiger partial charge >= 0.3 is 0 Å². The van der Waals surface area contributed by atoms with Crippen LogP contribution >= 0.6 is 0 Å². The van der Waals surface area contributed by atoms with Gasteiger partial charge in [-0.25, -0.2) is 12.8 Å². The summed E-state index contributed by atoms with van der Waals surface area (Å²) >= 11 is 0. The van der Waals surface area contributed by atoms with Crippen molar-refractivity contribution in [3.8, 4) is 11.5 Å². The summed E-state index contributed by atoms with van der Waals surface area (Å²) in [7, 11) is -1.03. The molecule has 23 heavy (non-hydrogen) atoms. The van der Waals surface area contributed by atoms with Crippen molar-refractivity contribution < 1.29 is 22.3 Å². The number of ether oxygens (including phenoxy) is 2. The molecule has 0 spiro atoms. The summed E-state index contributed by atoms with van der Waals surface area (Å²) in [6, 6.07) is 9.83. The predicted octanol–water partition coefficient (Wildman–Crippen LogP) is 3.06. The Labute approximate surface area is 135 Å². The van der Waals surface area contributed by atoms with Gasteiger partial charge in [-0.1, -0.05) is 0 Å². The van der Waals surface area contributed by atoms with Crippen LogP contribution in [0.4, 0.5) is 10.1 Å². The second-order valence-electron chi connectivity index (χ2n) is 4.66. The minimum atomic E-state index is -3.89. The standard InChI is InChI=1S/C16H18FNO4S/c1-4-18(13-7-5-12(17)6-8-13)23(19,20)16-11-14(21-2)9-10-15(16)22-3/h5-11H,4H2,1-3H3. The van der Waals surface area contributed by atoms with Gasteiger partial charge in [0, 0.05) is 12.6 Å². The Morgan fingerprint density at radius 2 is 1.70 bits per heavy atom. The largest absolute Gasteiger partial charge is 0.497 e. The molecule has 0 heterocycles. The monoisotopic (exact) mass is 339 g/mol. The zero-order valence-electron chi connectivity index (χ0n) is 13.1. The van der Waals surface area contributed by atoms with Gasteiger partial charge < -0.3 is 9.47 Å². The first-order valence-electron chi connectivity index (χ1n) is 6.94. The van der Waals surface area contributed by atoms with Gasteiger partial charge in [0.2, 0.25) is 0 Å². The van der Waals surface area contributed by atoms with Gasteiger partial charge in [-0.05, 0) is 43.3 Å². The van der Waals surface area contributed by atoms with Crippen molar-refractivity contribution in [2.45, 2.75) is 11.8 Å². The van der Waals surface area contributed by atoms with E-state index in [0.717, 1.165) is 0 Å². The molecule has 0 fully saturated rings. The summed E-state index contributed by atoms with van der Waals surface area (Å²) in [5.41, 5.74) is 0.374. The molecule has 0 aromatic heterocycles. The van der Waals surface area contributed by atoms with Crippen molar-refractivity contribution in [3.05, 3.63) is 48.3 Å². The molecule has 0 bridgehead atoms. The van der Waals surface area contributed by atoms with E-state index in [4.69, 9.17) is 9.47 Å². The zero-order valence-corrected chi connectivity index (χ0v) is 13.9. The average Bonchev–Trinajstić information content (AvgIpc) is 2.56. The van der Waals surface area contributed by atoms with Crippen LogP contribution in [-0.2, 0) is 10.0 Å². The Morgan fingerprint density at radius 3 is 2.22 bits per heavy atom. The molecule has 0 N–H and O–H groups in total. The highest BCUT2D eigenvalue weighted by Gasteiger charge is 2.27. The van der Waals surface area contributed by atoms with Gasteiger partial charge in [0.15, 0.2) is 0 Å². The third kappa shape index (κ3) is 3.39. The summed E-state index contributed by atoms with van der Waals surface area (Å²) in [5.74, 6) is 0.187. The molecule has 0 unspecified atom stereocenters. The number of halogens is 1. The van der Waals surface area contributed by atoms with E-state index in [0.29, 0.717) is 11.4 Å². The van der Waals surface area contributed by atoms with Crippen LogP contribution in [-0.4, -0.2) is 29.2 Å². The summed E-state index contributed by atoms with van der Waals surface area (Å²) in [6.07, 6.45) is 0. The molecule has 0 radical (unpaired) electrons. The van der Waals surface area contributed by atoms with Crippen molar-refractivity contribution in [1.29, 1.82) is 0 Å².